The molecule has 2 aliphatic rings. The standard InChI is InChI=1S/C22H32N6O3/c1-15(23)19-20(27-21(24-2)31-10-9-30-3)28(22(29)26-19)14-18-6-4-5-17(11-18)13-25-12-16-7-8-16/h4-6,11,16,25H,7-10,12-14,23H2,1-3H3,(H,26,29)/b19-15-,24-21+,27-20+. The second-order valence-electron chi connectivity index (χ2n) is 7.71. The molecule has 0 amide bonds. The van der Waals surface area contributed by atoms with Gasteiger partial charge in [-0.2, -0.15) is 9.98 Å². The van der Waals surface area contributed by atoms with E-state index in [9.17, 15) is 5.11 Å². The lowest BCUT2D eigenvalue weighted by molar-refractivity contribution is 0.140. The fourth-order valence-electron chi connectivity index (χ4n) is 3.17. The zero-order chi connectivity index (χ0) is 22.2. The van der Waals surface area contributed by atoms with E-state index < -0.39 is 0 Å². The number of rotatable bonds is 9. The van der Waals surface area contributed by atoms with Crippen LogP contribution in [0.3, 0.4) is 0 Å². The van der Waals surface area contributed by atoms with E-state index in [-0.39, 0.29) is 12.0 Å². The molecule has 1 aromatic rings. The fourth-order valence-corrected chi connectivity index (χ4v) is 3.17. The summed E-state index contributed by atoms with van der Waals surface area (Å²) in [5.74, 6) is 1.23. The average Bonchev–Trinajstić information content (AvgIpc) is 3.53. The molecular weight excluding hydrogens is 396 g/mol. The van der Waals surface area contributed by atoms with Crippen molar-refractivity contribution < 1.29 is 14.6 Å². The lowest BCUT2D eigenvalue weighted by atomic mass is 10.1. The van der Waals surface area contributed by atoms with Gasteiger partial charge in [0.2, 0.25) is 0 Å². The normalized spacial score (nSPS) is 19.7. The number of aliphatic hydroxyl groups excluding tert-OH is 1. The van der Waals surface area contributed by atoms with Crippen LogP contribution in [0.2, 0.25) is 0 Å². The molecule has 0 atom stereocenters. The molecule has 3 rings (SSSR count). The number of aliphatic imine (C=N–C) groups is 3. The highest BCUT2D eigenvalue weighted by Gasteiger charge is 2.30. The summed E-state index contributed by atoms with van der Waals surface area (Å²) < 4.78 is 10.6. The molecule has 0 bridgehead atoms. The zero-order valence-corrected chi connectivity index (χ0v) is 18.5. The molecule has 9 nitrogen and oxygen atoms in total. The first-order chi connectivity index (χ1) is 15.0. The zero-order valence-electron chi connectivity index (χ0n) is 18.5. The maximum Gasteiger partial charge on any atom is 0.313 e. The third-order valence-corrected chi connectivity index (χ3v) is 5.00. The molecule has 168 valence electrons. The van der Waals surface area contributed by atoms with Crippen molar-refractivity contribution in [2.45, 2.75) is 32.9 Å². The Hall–Kier alpha value is -2.91. The van der Waals surface area contributed by atoms with Crippen molar-refractivity contribution in [1.82, 2.24) is 10.2 Å². The highest BCUT2D eigenvalue weighted by Crippen LogP contribution is 2.27. The van der Waals surface area contributed by atoms with E-state index in [0.29, 0.717) is 37.0 Å². The Morgan fingerprint density at radius 2 is 2.10 bits per heavy atom. The summed E-state index contributed by atoms with van der Waals surface area (Å²) in [6.45, 7) is 4.70. The molecule has 4 N–H and O–H groups in total. The van der Waals surface area contributed by atoms with Gasteiger partial charge >= 0.3 is 6.02 Å². The molecule has 0 unspecified atom stereocenters. The molecule has 1 fully saturated rings. The summed E-state index contributed by atoms with van der Waals surface area (Å²) in [5, 5.41) is 14.0. The SMILES string of the molecule is C\N=C(/N=C1\C(=C(/C)N)N=C(O)N1Cc1cccc(CNCC2CC2)c1)OCCOC. The molecule has 0 aromatic heterocycles. The van der Waals surface area contributed by atoms with Crippen LogP contribution >= 0.6 is 0 Å². The van der Waals surface area contributed by atoms with Gasteiger partial charge in [0.25, 0.3) is 6.02 Å². The highest BCUT2D eigenvalue weighted by atomic mass is 16.5. The number of benzene rings is 1. The minimum absolute atomic E-state index is 0.164. The Balaban J connectivity index is 1.76. The van der Waals surface area contributed by atoms with Crippen LogP contribution < -0.4 is 11.1 Å². The van der Waals surface area contributed by atoms with Gasteiger partial charge in [0, 0.05) is 26.4 Å². The number of hydrogen-bond acceptors (Lipinski definition) is 6. The first-order valence-electron chi connectivity index (χ1n) is 10.5. The van der Waals surface area contributed by atoms with Gasteiger partial charge in [-0.3, -0.25) is 4.90 Å². The number of aliphatic hydroxyl groups is 1. The van der Waals surface area contributed by atoms with E-state index in [4.69, 9.17) is 15.2 Å². The summed E-state index contributed by atoms with van der Waals surface area (Å²) in [4.78, 5) is 14.4. The largest absolute Gasteiger partial charge is 0.480 e. The van der Waals surface area contributed by atoms with Crippen molar-refractivity contribution in [1.29, 1.82) is 0 Å². The third-order valence-electron chi connectivity index (χ3n) is 5.00. The number of nitrogens with two attached hydrogens (primary N) is 1. The van der Waals surface area contributed by atoms with E-state index in [1.807, 2.05) is 12.1 Å². The van der Waals surface area contributed by atoms with Gasteiger partial charge in [0.05, 0.1) is 13.2 Å². The van der Waals surface area contributed by atoms with Gasteiger partial charge in [-0.1, -0.05) is 24.3 Å². The topological polar surface area (TPSA) is 117 Å². The van der Waals surface area contributed by atoms with Gasteiger partial charge < -0.3 is 25.6 Å². The summed E-state index contributed by atoms with van der Waals surface area (Å²) >= 11 is 0. The Labute approximate surface area is 183 Å². The van der Waals surface area contributed by atoms with Crippen molar-refractivity contribution in [2.24, 2.45) is 26.6 Å². The van der Waals surface area contributed by atoms with E-state index in [0.717, 1.165) is 24.6 Å². The molecule has 1 heterocycles. The van der Waals surface area contributed by atoms with Gasteiger partial charge in [0.1, 0.15) is 12.3 Å². The van der Waals surface area contributed by atoms with Crippen LogP contribution in [0.15, 0.2) is 50.6 Å². The monoisotopic (exact) mass is 428 g/mol. The molecule has 1 aromatic carbocycles. The first-order valence-corrected chi connectivity index (χ1v) is 10.5. The quantitative estimate of drug-likeness (QED) is 0.315. The number of ether oxygens (including phenoxy) is 2. The number of allylic oxidation sites excluding steroid dienone is 1. The maximum atomic E-state index is 10.5. The highest BCUT2D eigenvalue weighted by molar-refractivity contribution is 6.15. The van der Waals surface area contributed by atoms with Crippen molar-refractivity contribution >= 4 is 17.9 Å². The van der Waals surface area contributed by atoms with Crippen LogP contribution in [0, 0.1) is 5.92 Å². The smallest absolute Gasteiger partial charge is 0.313 e. The predicted octanol–water partition coefficient (Wildman–Crippen LogP) is 2.15. The van der Waals surface area contributed by atoms with Crippen LogP contribution in [-0.4, -0.2) is 61.8 Å². The maximum absolute atomic E-state index is 10.5. The van der Waals surface area contributed by atoms with E-state index >= 15 is 0 Å². The number of methoxy groups -OCH3 is 1. The predicted molar refractivity (Wildman–Crippen MR) is 122 cm³/mol. The molecule has 1 saturated carbocycles. The third kappa shape index (κ3) is 6.53. The van der Waals surface area contributed by atoms with E-state index in [1.165, 1.54) is 18.4 Å². The lowest BCUT2D eigenvalue weighted by Crippen LogP contribution is -2.33. The van der Waals surface area contributed by atoms with Crippen LogP contribution in [0.25, 0.3) is 0 Å². The molecule has 1 aliphatic heterocycles. The molecule has 1 aliphatic carbocycles. The van der Waals surface area contributed by atoms with Gasteiger partial charge in [0.15, 0.2) is 5.84 Å². The van der Waals surface area contributed by atoms with Crippen molar-refractivity contribution in [3.63, 3.8) is 0 Å². The second kappa shape index (κ2) is 10.9. The lowest BCUT2D eigenvalue weighted by Gasteiger charge is -2.19. The molecular formula is C22H32N6O3. The Bertz CT molecular complexity index is 885. The summed E-state index contributed by atoms with van der Waals surface area (Å²) in [7, 11) is 3.18. The fraction of sp³-hybridized carbons (Fsp3) is 0.500. The summed E-state index contributed by atoms with van der Waals surface area (Å²) in [6, 6.07) is 8.24. The number of nitrogens with zero attached hydrogens (tertiary/aromatic N) is 4. The number of hydrogen-bond donors (Lipinski definition) is 3. The van der Waals surface area contributed by atoms with Gasteiger partial charge in [-0.15, -0.1) is 0 Å². The van der Waals surface area contributed by atoms with Gasteiger partial charge in [-0.25, -0.2) is 4.99 Å². The van der Waals surface area contributed by atoms with Crippen LogP contribution in [-0.2, 0) is 22.6 Å². The Morgan fingerprint density at radius 3 is 2.77 bits per heavy atom. The molecule has 0 saturated heterocycles. The Morgan fingerprint density at radius 1 is 1.32 bits per heavy atom. The van der Waals surface area contributed by atoms with Crippen LogP contribution in [0.1, 0.15) is 30.9 Å². The van der Waals surface area contributed by atoms with Crippen molar-refractivity contribution in [3.8, 4) is 0 Å². The van der Waals surface area contributed by atoms with Crippen molar-refractivity contribution in [2.75, 3.05) is 33.9 Å². The van der Waals surface area contributed by atoms with Gasteiger partial charge in [-0.05, 0) is 43.4 Å². The summed E-state index contributed by atoms with van der Waals surface area (Å²) in [5.41, 5.74) is 9.05. The molecule has 9 heteroatoms. The number of nitrogens with one attached hydrogen (secondary N) is 1. The van der Waals surface area contributed by atoms with Crippen molar-refractivity contribution in [3.05, 3.63) is 46.8 Å². The van der Waals surface area contributed by atoms with E-state index in [1.54, 1.807) is 26.0 Å². The first kappa shape index (κ1) is 22.8. The minimum Gasteiger partial charge on any atom is -0.480 e. The minimum atomic E-state index is -0.164. The van der Waals surface area contributed by atoms with Crippen LogP contribution in [0.5, 0.6) is 0 Å². The Kier molecular flexibility index (Phi) is 8.02. The second-order valence-corrected chi connectivity index (χ2v) is 7.71. The average molecular weight is 429 g/mol. The number of amidine groups is 3. The molecule has 31 heavy (non-hydrogen) atoms. The van der Waals surface area contributed by atoms with Crippen LogP contribution in [0.4, 0.5) is 0 Å². The summed E-state index contributed by atoms with van der Waals surface area (Å²) in [6.07, 6.45) is 2.66. The van der Waals surface area contributed by atoms with E-state index in [2.05, 4.69) is 32.4 Å². The molecule has 0 radical (unpaired) electrons. The molecule has 0 spiro atoms.